The number of benzene rings is 2. The van der Waals surface area contributed by atoms with E-state index < -0.39 is 21.5 Å². The van der Waals surface area contributed by atoms with Gasteiger partial charge in [0.1, 0.15) is 19.0 Å². The zero-order valence-electron chi connectivity index (χ0n) is 16.5. The smallest absolute Gasteiger partial charge is 0.263 e. The van der Waals surface area contributed by atoms with E-state index >= 15 is 0 Å². The number of amides is 1. The summed E-state index contributed by atoms with van der Waals surface area (Å²) in [5.41, 5.74) is 0.871. The van der Waals surface area contributed by atoms with Crippen LogP contribution in [0.3, 0.4) is 0 Å². The number of halogens is 1. The number of fused-ring (bicyclic) bond motifs is 2. The maximum absolute atomic E-state index is 12.6. The van der Waals surface area contributed by atoms with E-state index in [2.05, 4.69) is 4.99 Å². The molecule has 0 spiro atoms. The number of hydrogen-bond acceptors (Lipinski definition) is 7. The summed E-state index contributed by atoms with van der Waals surface area (Å²) in [6, 6.07) is 9.47. The van der Waals surface area contributed by atoms with Crippen molar-refractivity contribution in [1.29, 1.82) is 0 Å². The minimum atomic E-state index is -3.82. The van der Waals surface area contributed by atoms with Gasteiger partial charge in [-0.3, -0.25) is 4.79 Å². The van der Waals surface area contributed by atoms with E-state index in [0.29, 0.717) is 41.1 Å². The minimum Gasteiger partial charge on any atom is -0.486 e. The van der Waals surface area contributed by atoms with E-state index in [9.17, 15) is 13.2 Å². The summed E-state index contributed by atoms with van der Waals surface area (Å²) in [5, 5.41) is 0.422. The summed E-state index contributed by atoms with van der Waals surface area (Å²) >= 11 is 8.80. The first-order chi connectivity index (χ1) is 14.9. The highest BCUT2D eigenvalue weighted by Gasteiger charge is 2.20. The summed E-state index contributed by atoms with van der Waals surface area (Å²) in [7, 11) is -3.82. The average molecular weight is 499 g/mol. The number of carbonyl (C=O) groups is 1. The molecule has 31 heavy (non-hydrogen) atoms. The first-order valence-corrected chi connectivity index (χ1v) is 13.6. The van der Waals surface area contributed by atoms with Crippen molar-refractivity contribution in [2.45, 2.75) is 11.4 Å². The maximum Gasteiger partial charge on any atom is 0.263 e. The lowest BCUT2D eigenvalue weighted by atomic mass is 10.2. The molecule has 7 nitrogen and oxygen atoms in total. The van der Waals surface area contributed by atoms with Gasteiger partial charge >= 0.3 is 0 Å². The highest BCUT2D eigenvalue weighted by atomic mass is 35.5. The molecule has 2 heterocycles. The largest absolute Gasteiger partial charge is 0.486 e. The highest BCUT2D eigenvalue weighted by Crippen LogP contribution is 2.35. The van der Waals surface area contributed by atoms with Crippen molar-refractivity contribution in [2.24, 2.45) is 4.99 Å². The number of hydrogen-bond donors (Lipinski definition) is 0. The van der Waals surface area contributed by atoms with Crippen molar-refractivity contribution in [3.8, 4) is 11.5 Å². The molecule has 4 rings (SSSR count). The third-order valence-electron chi connectivity index (χ3n) is 4.57. The predicted molar refractivity (Wildman–Crippen MR) is 123 cm³/mol. The molecule has 0 radical (unpaired) electrons. The van der Waals surface area contributed by atoms with Crippen molar-refractivity contribution in [2.75, 3.05) is 31.0 Å². The molecule has 3 aromatic rings. The SMILES string of the molecule is CSCCn1c(=NC(=O)CS(=O)(=O)c2ccc(Cl)cc2)sc2cc3c(cc21)OCCO3. The fourth-order valence-electron chi connectivity index (χ4n) is 3.12. The number of thiazole rings is 1. The Balaban J connectivity index is 1.71. The first-order valence-electron chi connectivity index (χ1n) is 9.35. The van der Waals surface area contributed by atoms with Crippen LogP contribution in [-0.2, 0) is 21.2 Å². The van der Waals surface area contributed by atoms with Crippen LogP contribution in [0.25, 0.3) is 10.2 Å². The van der Waals surface area contributed by atoms with Gasteiger partial charge in [-0.05, 0) is 30.5 Å². The van der Waals surface area contributed by atoms with Crippen molar-refractivity contribution in [1.82, 2.24) is 4.57 Å². The highest BCUT2D eigenvalue weighted by molar-refractivity contribution is 7.98. The summed E-state index contributed by atoms with van der Waals surface area (Å²) in [6.45, 7) is 1.58. The lowest BCUT2D eigenvalue weighted by Crippen LogP contribution is -2.21. The Morgan fingerprint density at radius 3 is 2.55 bits per heavy atom. The second-order valence-electron chi connectivity index (χ2n) is 6.71. The van der Waals surface area contributed by atoms with Crippen LogP contribution in [0.4, 0.5) is 0 Å². The van der Waals surface area contributed by atoms with Crippen LogP contribution in [0, 0.1) is 0 Å². The molecule has 1 aliphatic rings. The number of carbonyl (C=O) groups excluding carboxylic acids is 1. The molecular weight excluding hydrogens is 480 g/mol. The van der Waals surface area contributed by atoms with Gasteiger partial charge in [0.2, 0.25) is 0 Å². The predicted octanol–water partition coefficient (Wildman–Crippen LogP) is 3.39. The van der Waals surface area contributed by atoms with Crippen LogP contribution < -0.4 is 14.3 Å². The number of nitrogens with zero attached hydrogens (tertiary/aromatic N) is 2. The van der Waals surface area contributed by atoms with Crippen LogP contribution in [0.5, 0.6) is 11.5 Å². The lowest BCUT2D eigenvalue weighted by molar-refractivity contribution is -0.115. The van der Waals surface area contributed by atoms with Crippen LogP contribution in [0.15, 0.2) is 46.3 Å². The maximum atomic E-state index is 12.6. The number of ether oxygens (including phenoxy) is 2. The molecule has 0 aliphatic carbocycles. The molecule has 0 unspecified atom stereocenters. The number of rotatable bonds is 6. The van der Waals surface area contributed by atoms with Crippen molar-refractivity contribution >= 4 is 60.7 Å². The topological polar surface area (TPSA) is 87.0 Å². The fraction of sp³-hybridized carbons (Fsp3) is 0.300. The van der Waals surface area contributed by atoms with E-state index in [-0.39, 0.29) is 4.90 Å². The normalized spacial score (nSPS) is 14.2. The van der Waals surface area contributed by atoms with Crippen LogP contribution >= 0.6 is 34.7 Å². The Hall–Kier alpha value is -2.01. The Morgan fingerprint density at radius 1 is 1.19 bits per heavy atom. The van der Waals surface area contributed by atoms with Crippen molar-refractivity contribution in [3.05, 3.63) is 46.2 Å². The quantitative estimate of drug-likeness (QED) is 0.517. The first kappa shape index (κ1) is 22.2. The molecule has 0 bridgehead atoms. The molecule has 1 aromatic heterocycles. The van der Waals surface area contributed by atoms with Crippen molar-refractivity contribution < 1.29 is 22.7 Å². The molecule has 1 aliphatic heterocycles. The zero-order chi connectivity index (χ0) is 22.0. The zero-order valence-corrected chi connectivity index (χ0v) is 19.7. The van der Waals surface area contributed by atoms with E-state index in [4.69, 9.17) is 21.1 Å². The number of thioether (sulfide) groups is 1. The second kappa shape index (κ2) is 9.23. The Morgan fingerprint density at radius 2 is 1.87 bits per heavy atom. The van der Waals surface area contributed by atoms with Crippen LogP contribution in [0.1, 0.15) is 0 Å². The molecule has 164 valence electrons. The minimum absolute atomic E-state index is 0.0361. The van der Waals surface area contributed by atoms with Gasteiger partial charge in [-0.25, -0.2) is 8.42 Å². The molecule has 0 saturated carbocycles. The second-order valence-corrected chi connectivity index (χ2v) is 11.1. The van der Waals surface area contributed by atoms with Crippen LogP contribution in [0.2, 0.25) is 5.02 Å². The fourth-order valence-corrected chi connectivity index (χ4v) is 5.80. The summed E-state index contributed by atoms with van der Waals surface area (Å²) < 4.78 is 39.3. The molecule has 1 amide bonds. The molecule has 0 N–H and O–H groups in total. The van der Waals surface area contributed by atoms with Gasteiger partial charge in [-0.15, -0.1) is 0 Å². The van der Waals surface area contributed by atoms with Gasteiger partial charge in [0.05, 0.1) is 15.1 Å². The van der Waals surface area contributed by atoms with E-state index in [1.54, 1.807) is 11.8 Å². The van der Waals surface area contributed by atoms with Crippen LogP contribution in [-0.4, -0.2) is 49.9 Å². The lowest BCUT2D eigenvalue weighted by Gasteiger charge is -2.18. The number of aromatic nitrogens is 1. The van der Waals surface area contributed by atoms with Crippen molar-refractivity contribution in [3.63, 3.8) is 0 Å². The van der Waals surface area contributed by atoms with Gasteiger partial charge in [-0.2, -0.15) is 16.8 Å². The van der Waals surface area contributed by atoms with E-state index in [0.717, 1.165) is 16.0 Å². The Labute approximate surface area is 192 Å². The third kappa shape index (κ3) is 4.92. The standard InChI is InChI=1S/C20H19ClN2O5S3/c1-29-9-6-23-15-10-16-17(28-8-7-27-16)11-18(15)30-20(23)22-19(24)12-31(25,26)14-4-2-13(21)3-5-14/h2-5,10-11H,6-9,12H2,1H3. The molecule has 2 aromatic carbocycles. The average Bonchev–Trinajstić information content (AvgIpc) is 3.05. The van der Waals surface area contributed by atoms with Gasteiger partial charge in [0.25, 0.3) is 5.91 Å². The number of sulfone groups is 1. The summed E-state index contributed by atoms with van der Waals surface area (Å²) in [5.74, 6) is 0.674. The number of aryl methyl sites for hydroxylation is 1. The molecule has 0 fully saturated rings. The molecule has 11 heteroatoms. The van der Waals surface area contributed by atoms with E-state index in [1.807, 2.05) is 23.0 Å². The van der Waals surface area contributed by atoms with E-state index in [1.165, 1.54) is 35.6 Å². The molecular formula is C20H19ClN2O5S3. The third-order valence-corrected chi connectivity index (χ3v) is 8.07. The molecule has 0 atom stereocenters. The summed E-state index contributed by atoms with van der Waals surface area (Å²) in [6.07, 6.45) is 1.99. The molecule has 0 saturated heterocycles. The van der Waals surface area contributed by atoms with Gasteiger partial charge in [-0.1, -0.05) is 22.9 Å². The van der Waals surface area contributed by atoms with Gasteiger partial charge in [0.15, 0.2) is 26.1 Å². The summed E-state index contributed by atoms with van der Waals surface area (Å²) in [4.78, 5) is 17.2. The Kier molecular flexibility index (Phi) is 6.61. The van der Waals surface area contributed by atoms with Gasteiger partial charge < -0.3 is 14.0 Å². The van der Waals surface area contributed by atoms with Gasteiger partial charge in [0, 0.05) is 29.5 Å². The monoisotopic (exact) mass is 498 g/mol. The Bertz CT molecular complexity index is 1300.